The molecule has 1 amide bonds. The van der Waals surface area contributed by atoms with Crippen molar-refractivity contribution < 1.29 is 28.4 Å². The molecule has 304 valence electrons. The lowest BCUT2D eigenvalue weighted by Crippen LogP contribution is -2.46. The Morgan fingerprint density at radius 3 is 1.45 bits per heavy atom. The summed E-state index contributed by atoms with van der Waals surface area (Å²) in [5.74, 6) is -0.163. The van der Waals surface area contributed by atoms with Gasteiger partial charge in [-0.05, 0) is 38.5 Å². The number of hydrogen-bond acceptors (Lipinski definition) is 6. The number of hydrogen-bond donors (Lipinski definition) is 4. The molecule has 0 radical (unpaired) electrons. The van der Waals surface area contributed by atoms with Crippen molar-refractivity contribution in [2.75, 3.05) is 19.8 Å². The Kier molecular flexibility index (Phi) is 38.4. The van der Waals surface area contributed by atoms with Crippen molar-refractivity contribution in [3.8, 4) is 0 Å². The number of allylic oxidation sites excluding steroid dienone is 2. The molecule has 3 atom stereocenters. The van der Waals surface area contributed by atoms with E-state index in [4.69, 9.17) is 14.8 Å². The van der Waals surface area contributed by atoms with Crippen LogP contribution in [0.15, 0.2) is 12.2 Å². The zero-order valence-electron chi connectivity index (χ0n) is 33.6. The van der Waals surface area contributed by atoms with E-state index in [1.165, 1.54) is 154 Å². The monoisotopic (exact) mass is 745 g/mol. The standard InChI is InChI=1S/C42H85N2O6P/c1-3-5-7-9-11-13-15-16-17-18-19-20-21-22-23-24-26-28-30-32-34-36-42(46)44-40(39-50-51(47,48)49-38-37-43)41(45)35-33-31-29-27-25-14-12-10-8-6-4-2/h18-19,40-41,45H,3-17,20-39,43H2,1-2H3,(H,44,46)(H,47,48)/b19-18-. The summed E-state index contributed by atoms with van der Waals surface area (Å²) in [5, 5.41) is 13.8. The van der Waals surface area contributed by atoms with Gasteiger partial charge in [-0.15, -0.1) is 0 Å². The number of nitrogens with one attached hydrogen (secondary N) is 1. The summed E-state index contributed by atoms with van der Waals surface area (Å²) in [7, 11) is -4.31. The minimum absolute atomic E-state index is 0.0902. The van der Waals surface area contributed by atoms with Crippen molar-refractivity contribution in [1.29, 1.82) is 0 Å². The average molecular weight is 745 g/mol. The van der Waals surface area contributed by atoms with E-state index >= 15 is 0 Å². The van der Waals surface area contributed by atoms with Crippen LogP contribution in [0.1, 0.15) is 219 Å². The van der Waals surface area contributed by atoms with Crippen LogP contribution in [0, 0.1) is 0 Å². The molecule has 0 spiro atoms. The fourth-order valence-electron chi connectivity index (χ4n) is 6.54. The Balaban J connectivity index is 4.06. The van der Waals surface area contributed by atoms with Gasteiger partial charge < -0.3 is 21.1 Å². The van der Waals surface area contributed by atoms with E-state index in [0.717, 1.165) is 38.5 Å². The Hall–Kier alpha value is -0.760. The molecule has 0 aromatic rings. The second-order valence-electron chi connectivity index (χ2n) is 14.9. The number of carbonyl (C=O) groups excluding carboxylic acids is 1. The van der Waals surface area contributed by atoms with Crippen molar-refractivity contribution in [2.24, 2.45) is 5.73 Å². The molecular formula is C42H85N2O6P. The topological polar surface area (TPSA) is 131 Å². The van der Waals surface area contributed by atoms with Gasteiger partial charge in [0.2, 0.25) is 5.91 Å². The molecule has 5 N–H and O–H groups in total. The summed E-state index contributed by atoms with van der Waals surface area (Å²) in [6.07, 6.45) is 42.2. The van der Waals surface area contributed by atoms with Crippen LogP contribution in [0.2, 0.25) is 0 Å². The number of phosphoric ester groups is 1. The van der Waals surface area contributed by atoms with E-state index in [9.17, 15) is 19.4 Å². The molecule has 3 unspecified atom stereocenters. The smallest absolute Gasteiger partial charge is 0.391 e. The van der Waals surface area contributed by atoms with E-state index in [2.05, 4.69) is 31.3 Å². The van der Waals surface area contributed by atoms with Crippen LogP contribution in [0.4, 0.5) is 0 Å². The highest BCUT2D eigenvalue weighted by Crippen LogP contribution is 2.43. The van der Waals surface area contributed by atoms with Gasteiger partial charge in [0, 0.05) is 13.0 Å². The van der Waals surface area contributed by atoms with Gasteiger partial charge in [-0.3, -0.25) is 13.8 Å². The quantitative estimate of drug-likeness (QED) is 0.0278. The Morgan fingerprint density at radius 2 is 1.02 bits per heavy atom. The molecule has 0 aliphatic rings. The first-order valence-electron chi connectivity index (χ1n) is 21.8. The molecular weight excluding hydrogens is 659 g/mol. The first kappa shape index (κ1) is 50.2. The molecule has 0 saturated heterocycles. The maximum Gasteiger partial charge on any atom is 0.472 e. The number of unbranched alkanes of at least 4 members (excludes halogenated alkanes) is 27. The third kappa shape index (κ3) is 37.4. The van der Waals surface area contributed by atoms with E-state index in [1.54, 1.807) is 0 Å². The predicted octanol–water partition coefficient (Wildman–Crippen LogP) is 12.0. The number of amides is 1. The van der Waals surface area contributed by atoms with Crippen LogP contribution >= 0.6 is 7.82 Å². The van der Waals surface area contributed by atoms with Crippen molar-refractivity contribution >= 4 is 13.7 Å². The molecule has 0 aromatic carbocycles. The molecule has 0 aromatic heterocycles. The lowest BCUT2D eigenvalue weighted by molar-refractivity contribution is -0.123. The predicted molar refractivity (Wildman–Crippen MR) is 217 cm³/mol. The highest BCUT2D eigenvalue weighted by molar-refractivity contribution is 7.47. The third-order valence-corrected chi connectivity index (χ3v) is 10.9. The maximum atomic E-state index is 12.8. The van der Waals surface area contributed by atoms with Gasteiger partial charge in [0.25, 0.3) is 0 Å². The number of nitrogens with two attached hydrogens (primary N) is 1. The zero-order valence-corrected chi connectivity index (χ0v) is 34.5. The van der Waals surface area contributed by atoms with Crippen LogP contribution in [0.25, 0.3) is 0 Å². The number of rotatable bonds is 41. The fraction of sp³-hybridized carbons (Fsp3) is 0.929. The highest BCUT2D eigenvalue weighted by atomic mass is 31.2. The van der Waals surface area contributed by atoms with Crippen molar-refractivity contribution in [1.82, 2.24) is 5.32 Å². The van der Waals surface area contributed by atoms with Crippen LogP contribution < -0.4 is 11.1 Å². The van der Waals surface area contributed by atoms with Gasteiger partial charge >= 0.3 is 7.82 Å². The van der Waals surface area contributed by atoms with Crippen molar-refractivity contribution in [3.05, 3.63) is 12.2 Å². The Labute approximate surface area is 315 Å². The van der Waals surface area contributed by atoms with Gasteiger partial charge in [0.05, 0.1) is 25.4 Å². The van der Waals surface area contributed by atoms with Crippen LogP contribution in [0.3, 0.4) is 0 Å². The first-order chi connectivity index (χ1) is 24.9. The van der Waals surface area contributed by atoms with Crippen molar-refractivity contribution in [2.45, 2.75) is 231 Å². The van der Waals surface area contributed by atoms with Gasteiger partial charge in [-0.2, -0.15) is 0 Å². The second-order valence-corrected chi connectivity index (χ2v) is 16.4. The molecule has 51 heavy (non-hydrogen) atoms. The normalized spacial score (nSPS) is 14.2. The number of carbonyl (C=O) groups is 1. The lowest BCUT2D eigenvalue weighted by Gasteiger charge is -2.25. The second kappa shape index (κ2) is 38.9. The van der Waals surface area contributed by atoms with E-state index in [-0.39, 0.29) is 25.7 Å². The first-order valence-corrected chi connectivity index (χ1v) is 23.3. The van der Waals surface area contributed by atoms with E-state index in [1.807, 2.05) is 0 Å². The summed E-state index contributed by atoms with van der Waals surface area (Å²) < 4.78 is 22.1. The molecule has 0 heterocycles. The summed E-state index contributed by atoms with van der Waals surface area (Å²) in [6.45, 7) is 4.21. The summed E-state index contributed by atoms with van der Waals surface area (Å²) in [6, 6.07) is -0.770. The highest BCUT2D eigenvalue weighted by Gasteiger charge is 2.27. The van der Waals surface area contributed by atoms with Crippen molar-refractivity contribution in [3.63, 3.8) is 0 Å². The maximum absolute atomic E-state index is 12.8. The third-order valence-electron chi connectivity index (χ3n) is 9.87. The molecule has 0 rings (SSSR count). The number of aliphatic hydroxyl groups excluding tert-OH is 1. The fourth-order valence-corrected chi connectivity index (χ4v) is 7.30. The number of phosphoric acid groups is 1. The summed E-state index contributed by atoms with van der Waals surface area (Å²) in [4.78, 5) is 22.7. The molecule has 0 saturated carbocycles. The summed E-state index contributed by atoms with van der Waals surface area (Å²) >= 11 is 0. The molecule has 0 aliphatic heterocycles. The average Bonchev–Trinajstić information content (AvgIpc) is 3.12. The molecule has 9 heteroatoms. The zero-order chi connectivity index (χ0) is 37.5. The van der Waals surface area contributed by atoms with Crippen LogP contribution in [-0.2, 0) is 18.4 Å². The molecule has 0 aliphatic carbocycles. The Bertz CT molecular complexity index is 814. The van der Waals surface area contributed by atoms with E-state index in [0.29, 0.717) is 12.8 Å². The van der Waals surface area contributed by atoms with Gasteiger partial charge in [0.1, 0.15) is 0 Å². The number of aliphatic hydroxyl groups is 1. The molecule has 8 nitrogen and oxygen atoms in total. The van der Waals surface area contributed by atoms with Gasteiger partial charge in [-0.25, -0.2) is 4.57 Å². The van der Waals surface area contributed by atoms with E-state index < -0.39 is 20.0 Å². The van der Waals surface area contributed by atoms with Gasteiger partial charge in [-0.1, -0.05) is 187 Å². The lowest BCUT2D eigenvalue weighted by atomic mass is 10.0. The van der Waals surface area contributed by atoms with Crippen LogP contribution in [0.5, 0.6) is 0 Å². The van der Waals surface area contributed by atoms with Gasteiger partial charge in [0.15, 0.2) is 0 Å². The summed E-state index contributed by atoms with van der Waals surface area (Å²) in [5.41, 5.74) is 5.37. The molecule has 0 fully saturated rings. The minimum Gasteiger partial charge on any atom is -0.391 e. The largest absolute Gasteiger partial charge is 0.472 e. The van der Waals surface area contributed by atoms with Crippen LogP contribution in [-0.4, -0.2) is 47.8 Å². The SMILES string of the molecule is CCCCCCCCCC/C=C\CCCCCCCCCCCC(=O)NC(COP(=O)(O)OCCN)C(O)CCCCCCCCCCCCC. The Morgan fingerprint density at radius 1 is 0.627 bits per heavy atom. The molecule has 0 bridgehead atoms. The minimum atomic E-state index is -4.31.